The average Bonchev–Trinajstić information content (AvgIpc) is 3.32. The Morgan fingerprint density at radius 2 is 1.81 bits per heavy atom. The molecular formula is C28H26ClFN4O3. The van der Waals surface area contributed by atoms with Gasteiger partial charge in [-0.2, -0.15) is 0 Å². The van der Waals surface area contributed by atoms with Gasteiger partial charge in [0.15, 0.2) is 0 Å². The van der Waals surface area contributed by atoms with Crippen LogP contribution in [0.3, 0.4) is 0 Å². The van der Waals surface area contributed by atoms with Crippen LogP contribution in [0.4, 0.5) is 10.3 Å². The van der Waals surface area contributed by atoms with Crippen molar-refractivity contribution in [1.29, 1.82) is 0 Å². The van der Waals surface area contributed by atoms with Crippen LogP contribution in [-0.2, 0) is 9.53 Å². The topological polar surface area (TPSA) is 76.5 Å². The standard InChI is InChI=1S/C28H26ClFN4O3/c1-19-8-13-23(16-24(19)30)34-17-25(20-6-4-3-5-7-20)31-28(34)32-26(35)18-33(14-15-37-2)27(36)21-9-11-22(29)12-10-21/h3-13,16-17H,14-15,18H2,1-2H3,(H,31,32,35). The Morgan fingerprint density at radius 1 is 1.08 bits per heavy atom. The number of rotatable bonds is 9. The molecule has 37 heavy (non-hydrogen) atoms. The van der Waals surface area contributed by atoms with Gasteiger partial charge in [-0.25, -0.2) is 9.37 Å². The van der Waals surface area contributed by atoms with Crippen molar-refractivity contribution in [2.45, 2.75) is 6.92 Å². The van der Waals surface area contributed by atoms with E-state index in [4.69, 9.17) is 16.3 Å². The summed E-state index contributed by atoms with van der Waals surface area (Å²) in [7, 11) is 1.52. The van der Waals surface area contributed by atoms with Gasteiger partial charge in [0.05, 0.1) is 18.0 Å². The Balaban J connectivity index is 1.61. The highest BCUT2D eigenvalue weighted by Gasteiger charge is 2.21. The third-order valence-electron chi connectivity index (χ3n) is 5.74. The van der Waals surface area contributed by atoms with Crippen molar-refractivity contribution in [3.63, 3.8) is 0 Å². The van der Waals surface area contributed by atoms with Crippen LogP contribution in [-0.4, -0.2) is 53.1 Å². The maximum Gasteiger partial charge on any atom is 0.254 e. The van der Waals surface area contributed by atoms with Crippen molar-refractivity contribution < 1.29 is 18.7 Å². The molecule has 2 amide bonds. The number of carbonyl (C=O) groups is 2. The maximum atomic E-state index is 14.4. The van der Waals surface area contributed by atoms with E-state index in [1.807, 2.05) is 30.3 Å². The van der Waals surface area contributed by atoms with Crippen molar-refractivity contribution in [3.05, 3.63) is 101 Å². The number of carbonyl (C=O) groups excluding carboxylic acids is 2. The quantitative estimate of drug-likeness (QED) is 0.322. The molecule has 9 heteroatoms. The number of aromatic nitrogens is 2. The van der Waals surface area contributed by atoms with Crippen LogP contribution in [0, 0.1) is 12.7 Å². The summed E-state index contributed by atoms with van der Waals surface area (Å²) in [6.45, 7) is 1.90. The molecule has 0 radical (unpaired) electrons. The minimum Gasteiger partial charge on any atom is -0.383 e. The largest absolute Gasteiger partial charge is 0.383 e. The van der Waals surface area contributed by atoms with Gasteiger partial charge in [0.2, 0.25) is 11.9 Å². The summed E-state index contributed by atoms with van der Waals surface area (Å²) < 4.78 is 21.1. The minimum absolute atomic E-state index is 0.206. The molecule has 0 bridgehead atoms. The maximum absolute atomic E-state index is 14.4. The molecular weight excluding hydrogens is 495 g/mol. The molecule has 3 aromatic carbocycles. The monoisotopic (exact) mass is 520 g/mol. The zero-order valence-corrected chi connectivity index (χ0v) is 21.2. The molecule has 0 spiro atoms. The Morgan fingerprint density at radius 3 is 2.49 bits per heavy atom. The zero-order chi connectivity index (χ0) is 26.4. The number of halogens is 2. The Bertz CT molecular complexity index is 1390. The third kappa shape index (κ3) is 6.41. The van der Waals surface area contributed by atoms with Gasteiger partial charge >= 0.3 is 0 Å². The van der Waals surface area contributed by atoms with Gasteiger partial charge in [0.25, 0.3) is 5.91 Å². The van der Waals surface area contributed by atoms with E-state index in [1.54, 1.807) is 54.1 Å². The highest BCUT2D eigenvalue weighted by atomic mass is 35.5. The van der Waals surface area contributed by atoms with E-state index < -0.39 is 5.91 Å². The first kappa shape index (κ1) is 26.1. The first-order valence-electron chi connectivity index (χ1n) is 11.6. The van der Waals surface area contributed by atoms with Crippen molar-refractivity contribution in [2.75, 3.05) is 32.1 Å². The smallest absolute Gasteiger partial charge is 0.254 e. The van der Waals surface area contributed by atoms with E-state index in [2.05, 4.69) is 10.3 Å². The highest BCUT2D eigenvalue weighted by molar-refractivity contribution is 6.30. The molecule has 0 aliphatic heterocycles. The summed E-state index contributed by atoms with van der Waals surface area (Å²) in [5.41, 5.74) is 2.85. The first-order valence-corrected chi connectivity index (χ1v) is 12.0. The number of hydrogen-bond donors (Lipinski definition) is 1. The van der Waals surface area contributed by atoms with Gasteiger partial charge < -0.3 is 9.64 Å². The Labute approximate surface area is 219 Å². The van der Waals surface area contributed by atoms with Crippen molar-refractivity contribution in [1.82, 2.24) is 14.5 Å². The fourth-order valence-corrected chi connectivity index (χ4v) is 3.84. The van der Waals surface area contributed by atoms with E-state index in [0.717, 1.165) is 5.56 Å². The molecule has 0 unspecified atom stereocenters. The van der Waals surface area contributed by atoms with Crippen LogP contribution >= 0.6 is 11.6 Å². The highest BCUT2D eigenvalue weighted by Crippen LogP contribution is 2.25. The van der Waals surface area contributed by atoms with Gasteiger partial charge in [0, 0.05) is 36.0 Å². The SMILES string of the molecule is COCCN(CC(=O)Nc1nc(-c2ccccc2)cn1-c1ccc(C)c(F)c1)C(=O)c1ccc(Cl)cc1. The summed E-state index contributed by atoms with van der Waals surface area (Å²) in [6, 6.07) is 20.7. The fourth-order valence-electron chi connectivity index (χ4n) is 3.71. The molecule has 1 heterocycles. The number of anilines is 1. The Hall–Kier alpha value is -4.01. The van der Waals surface area contributed by atoms with Crippen molar-refractivity contribution in [2.24, 2.45) is 0 Å². The summed E-state index contributed by atoms with van der Waals surface area (Å²) in [4.78, 5) is 32.2. The van der Waals surface area contributed by atoms with E-state index in [0.29, 0.717) is 27.5 Å². The lowest BCUT2D eigenvalue weighted by atomic mass is 10.2. The molecule has 0 saturated carbocycles. The van der Waals surface area contributed by atoms with Crippen molar-refractivity contribution in [3.8, 4) is 16.9 Å². The third-order valence-corrected chi connectivity index (χ3v) is 5.99. The van der Waals surface area contributed by atoms with Crippen LogP contribution < -0.4 is 5.32 Å². The summed E-state index contributed by atoms with van der Waals surface area (Å²) in [5, 5.41) is 3.30. The van der Waals surface area contributed by atoms with Gasteiger partial charge in [0.1, 0.15) is 12.4 Å². The fraction of sp³-hybridized carbons (Fsp3) is 0.179. The van der Waals surface area contributed by atoms with Gasteiger partial charge in [-0.15, -0.1) is 0 Å². The number of ether oxygens (including phenoxy) is 1. The second kappa shape index (κ2) is 11.8. The molecule has 0 aliphatic carbocycles. The van der Waals surface area contributed by atoms with Crippen LogP contribution in [0.25, 0.3) is 16.9 Å². The Kier molecular flexibility index (Phi) is 8.32. The second-order valence-corrected chi connectivity index (χ2v) is 8.83. The van der Waals surface area contributed by atoms with Crippen LogP contribution in [0.5, 0.6) is 0 Å². The van der Waals surface area contributed by atoms with Gasteiger partial charge in [-0.1, -0.05) is 48.0 Å². The summed E-state index contributed by atoms with van der Waals surface area (Å²) in [6.07, 6.45) is 1.73. The first-order chi connectivity index (χ1) is 17.9. The molecule has 4 aromatic rings. The summed E-state index contributed by atoms with van der Waals surface area (Å²) >= 11 is 5.94. The number of imidazole rings is 1. The number of methoxy groups -OCH3 is 1. The molecule has 190 valence electrons. The predicted molar refractivity (Wildman–Crippen MR) is 142 cm³/mol. The van der Waals surface area contributed by atoms with Gasteiger partial charge in [-0.3, -0.25) is 19.5 Å². The van der Waals surface area contributed by atoms with E-state index in [1.165, 1.54) is 18.1 Å². The number of nitrogens with zero attached hydrogens (tertiary/aromatic N) is 3. The second-order valence-electron chi connectivity index (χ2n) is 8.39. The lowest BCUT2D eigenvalue weighted by Gasteiger charge is -2.22. The molecule has 4 rings (SSSR count). The van der Waals surface area contributed by atoms with Crippen LogP contribution in [0.15, 0.2) is 79.0 Å². The van der Waals surface area contributed by atoms with Crippen molar-refractivity contribution >= 4 is 29.4 Å². The summed E-state index contributed by atoms with van der Waals surface area (Å²) in [5.74, 6) is -0.961. The lowest BCUT2D eigenvalue weighted by molar-refractivity contribution is -0.117. The number of amides is 2. The normalized spacial score (nSPS) is 10.8. The predicted octanol–water partition coefficient (Wildman–Crippen LogP) is 5.37. The molecule has 0 fully saturated rings. The molecule has 0 atom stereocenters. The average molecular weight is 521 g/mol. The number of aryl methyl sites for hydroxylation is 1. The van der Waals surface area contributed by atoms with Gasteiger partial charge in [-0.05, 0) is 48.9 Å². The van der Waals surface area contributed by atoms with Crippen LogP contribution in [0.1, 0.15) is 15.9 Å². The minimum atomic E-state index is -0.461. The lowest BCUT2D eigenvalue weighted by Crippen LogP contribution is -2.40. The van der Waals surface area contributed by atoms with E-state index in [-0.39, 0.29) is 37.4 Å². The van der Waals surface area contributed by atoms with E-state index >= 15 is 0 Å². The number of hydrogen-bond acceptors (Lipinski definition) is 4. The molecule has 0 aliphatic rings. The molecule has 1 N–H and O–H groups in total. The molecule has 7 nitrogen and oxygen atoms in total. The molecule has 1 aromatic heterocycles. The van der Waals surface area contributed by atoms with E-state index in [9.17, 15) is 14.0 Å². The molecule has 0 saturated heterocycles. The number of benzene rings is 3. The van der Waals surface area contributed by atoms with Crippen LogP contribution in [0.2, 0.25) is 5.02 Å². The zero-order valence-electron chi connectivity index (χ0n) is 20.4. The number of nitrogens with one attached hydrogen (secondary N) is 1.